The van der Waals surface area contributed by atoms with Gasteiger partial charge in [-0.1, -0.05) is 18.2 Å². The normalized spacial score (nSPS) is 10.7. The molecule has 0 radical (unpaired) electrons. The van der Waals surface area contributed by atoms with E-state index in [1.54, 1.807) is 13.4 Å². The molecule has 9 heteroatoms. The minimum Gasteiger partial charge on any atom is -0.496 e. The Hall–Kier alpha value is -3.36. The summed E-state index contributed by atoms with van der Waals surface area (Å²) in [6.07, 6.45) is 4.20. The molecule has 3 rings (SSSR count). The highest BCUT2D eigenvalue weighted by atomic mass is 16.5. The van der Waals surface area contributed by atoms with Gasteiger partial charge in [-0.25, -0.2) is 19.7 Å². The van der Waals surface area contributed by atoms with E-state index < -0.39 is 6.09 Å². The monoisotopic (exact) mass is 370 g/mol. The predicted molar refractivity (Wildman–Crippen MR) is 100 cm³/mol. The van der Waals surface area contributed by atoms with Gasteiger partial charge in [0.05, 0.1) is 20.0 Å². The molecule has 0 aliphatic rings. The van der Waals surface area contributed by atoms with Gasteiger partial charge in [0.15, 0.2) is 11.5 Å². The van der Waals surface area contributed by atoms with Crippen molar-refractivity contribution in [2.75, 3.05) is 19.5 Å². The molecule has 0 saturated heterocycles. The summed E-state index contributed by atoms with van der Waals surface area (Å²) in [5, 5.41) is 2.72. The molecule has 2 aromatic heterocycles. The first-order chi connectivity index (χ1) is 13.2. The lowest BCUT2D eigenvalue weighted by Gasteiger charge is -2.10. The summed E-state index contributed by atoms with van der Waals surface area (Å²) in [6, 6.07) is 7.51. The average molecular weight is 370 g/mol. The largest absolute Gasteiger partial charge is 0.496 e. The molecule has 0 atom stereocenters. The molecule has 0 unspecified atom stereocenters. The van der Waals surface area contributed by atoms with Crippen LogP contribution in [0.3, 0.4) is 0 Å². The second kappa shape index (κ2) is 8.84. The molecule has 0 bridgehead atoms. The second-order valence-corrected chi connectivity index (χ2v) is 5.88. The van der Waals surface area contributed by atoms with Crippen LogP contribution in [0.4, 0.5) is 10.6 Å². The van der Waals surface area contributed by atoms with Crippen molar-refractivity contribution in [3.05, 3.63) is 42.5 Å². The van der Waals surface area contributed by atoms with Crippen LogP contribution in [0.1, 0.15) is 18.4 Å². The van der Waals surface area contributed by atoms with Crippen molar-refractivity contribution < 1.29 is 14.3 Å². The first-order valence-corrected chi connectivity index (χ1v) is 8.63. The van der Waals surface area contributed by atoms with Gasteiger partial charge in [-0.05, 0) is 18.9 Å². The number of aromatic nitrogens is 4. The Kier molecular flexibility index (Phi) is 6.03. The van der Waals surface area contributed by atoms with E-state index in [4.69, 9.17) is 15.2 Å². The van der Waals surface area contributed by atoms with Crippen LogP contribution in [0.15, 0.2) is 36.9 Å². The number of alkyl carbamates (subject to hydrolysis) is 1. The highest BCUT2D eigenvalue weighted by Crippen LogP contribution is 2.17. The first-order valence-electron chi connectivity index (χ1n) is 8.63. The van der Waals surface area contributed by atoms with Gasteiger partial charge in [0.2, 0.25) is 0 Å². The predicted octanol–water partition coefficient (Wildman–Crippen LogP) is 2.12. The molecule has 9 nitrogen and oxygen atoms in total. The van der Waals surface area contributed by atoms with E-state index in [9.17, 15) is 4.79 Å². The van der Waals surface area contributed by atoms with Crippen LogP contribution in [0.2, 0.25) is 0 Å². The van der Waals surface area contributed by atoms with E-state index in [-0.39, 0.29) is 0 Å². The number of nitrogen functional groups attached to an aromatic ring is 1. The van der Waals surface area contributed by atoms with Crippen molar-refractivity contribution in [1.82, 2.24) is 24.8 Å². The molecule has 1 amide bonds. The standard InChI is InChI=1S/C18H22N6O3/c1-26-14-7-3-2-6-13(14)10-20-18(25)27-9-5-4-8-24-12-23-15-16(19)21-11-22-17(15)24/h2-3,6-7,11-12H,4-5,8-10H2,1H3,(H,20,25)(H2,19,21,22). The van der Waals surface area contributed by atoms with Crippen molar-refractivity contribution in [2.45, 2.75) is 25.9 Å². The van der Waals surface area contributed by atoms with Gasteiger partial charge in [-0.2, -0.15) is 0 Å². The third-order valence-electron chi connectivity index (χ3n) is 4.07. The fourth-order valence-electron chi connectivity index (χ4n) is 2.68. The third-order valence-corrected chi connectivity index (χ3v) is 4.07. The van der Waals surface area contributed by atoms with E-state index in [0.717, 1.165) is 24.2 Å². The summed E-state index contributed by atoms with van der Waals surface area (Å²) in [7, 11) is 1.60. The molecule has 27 heavy (non-hydrogen) atoms. The number of hydrogen-bond acceptors (Lipinski definition) is 7. The van der Waals surface area contributed by atoms with Crippen molar-refractivity contribution in [3.8, 4) is 5.75 Å². The maximum atomic E-state index is 11.8. The summed E-state index contributed by atoms with van der Waals surface area (Å²) >= 11 is 0. The molecular weight excluding hydrogens is 348 g/mol. The number of anilines is 1. The molecule has 1 aromatic carbocycles. The quantitative estimate of drug-likeness (QED) is 0.583. The van der Waals surface area contributed by atoms with Gasteiger partial charge in [-0.3, -0.25) is 0 Å². The Morgan fingerprint density at radius 2 is 2.07 bits per heavy atom. The number of fused-ring (bicyclic) bond motifs is 1. The number of methoxy groups -OCH3 is 1. The van der Waals surface area contributed by atoms with Crippen LogP contribution in [0.5, 0.6) is 5.75 Å². The van der Waals surface area contributed by atoms with E-state index in [1.807, 2.05) is 28.8 Å². The molecule has 3 N–H and O–H groups in total. The fraction of sp³-hybridized carbons (Fsp3) is 0.333. The summed E-state index contributed by atoms with van der Waals surface area (Å²) in [5.74, 6) is 1.10. The number of aryl methyl sites for hydroxylation is 1. The zero-order chi connectivity index (χ0) is 19.1. The summed E-state index contributed by atoms with van der Waals surface area (Å²) < 4.78 is 12.4. The Morgan fingerprint density at radius 1 is 1.22 bits per heavy atom. The highest BCUT2D eigenvalue weighted by Gasteiger charge is 2.08. The van der Waals surface area contributed by atoms with Crippen LogP contribution in [-0.4, -0.2) is 39.3 Å². The van der Waals surface area contributed by atoms with Crippen molar-refractivity contribution in [2.24, 2.45) is 0 Å². The first kappa shape index (κ1) is 18.4. The number of nitrogens with one attached hydrogen (secondary N) is 1. The van der Waals surface area contributed by atoms with Gasteiger partial charge in [-0.15, -0.1) is 0 Å². The van der Waals surface area contributed by atoms with Gasteiger partial charge in [0.25, 0.3) is 0 Å². The van der Waals surface area contributed by atoms with Gasteiger partial charge in [0, 0.05) is 18.7 Å². The van der Waals surface area contributed by atoms with Crippen molar-refractivity contribution >= 4 is 23.1 Å². The number of carbonyl (C=O) groups excluding carboxylic acids is 1. The number of nitrogens with zero attached hydrogens (tertiary/aromatic N) is 4. The molecule has 0 saturated carbocycles. The molecule has 142 valence electrons. The van der Waals surface area contributed by atoms with Crippen molar-refractivity contribution in [1.29, 1.82) is 0 Å². The zero-order valence-electron chi connectivity index (χ0n) is 15.1. The molecule has 0 spiro atoms. The number of benzene rings is 1. The van der Waals surface area contributed by atoms with Crippen LogP contribution in [0, 0.1) is 0 Å². The Labute approximate surface area is 156 Å². The van der Waals surface area contributed by atoms with Gasteiger partial charge in [0.1, 0.15) is 17.6 Å². The van der Waals surface area contributed by atoms with E-state index >= 15 is 0 Å². The number of ether oxygens (including phenoxy) is 2. The fourth-order valence-corrected chi connectivity index (χ4v) is 2.68. The smallest absolute Gasteiger partial charge is 0.407 e. The van der Waals surface area contributed by atoms with Gasteiger partial charge < -0.3 is 25.1 Å². The van der Waals surface area contributed by atoms with E-state index in [0.29, 0.717) is 36.7 Å². The van der Waals surface area contributed by atoms with Crippen LogP contribution < -0.4 is 15.8 Å². The van der Waals surface area contributed by atoms with Gasteiger partial charge >= 0.3 is 6.09 Å². The maximum absolute atomic E-state index is 11.8. The molecule has 0 aliphatic heterocycles. The average Bonchev–Trinajstić information content (AvgIpc) is 3.11. The number of imidazole rings is 1. The molecule has 2 heterocycles. The summed E-state index contributed by atoms with van der Waals surface area (Å²) in [6.45, 7) is 1.39. The summed E-state index contributed by atoms with van der Waals surface area (Å²) in [4.78, 5) is 24.1. The highest BCUT2D eigenvalue weighted by molar-refractivity contribution is 5.81. The lowest BCUT2D eigenvalue weighted by molar-refractivity contribution is 0.143. The number of hydrogen-bond donors (Lipinski definition) is 2. The number of nitrogens with two attached hydrogens (primary N) is 1. The number of unbranched alkanes of at least 4 members (excludes halogenated alkanes) is 1. The lowest BCUT2D eigenvalue weighted by atomic mass is 10.2. The lowest BCUT2D eigenvalue weighted by Crippen LogP contribution is -2.24. The topological polar surface area (TPSA) is 117 Å². The number of carbonyl (C=O) groups is 1. The Morgan fingerprint density at radius 3 is 2.93 bits per heavy atom. The third kappa shape index (κ3) is 4.63. The molecular formula is C18H22N6O3. The number of para-hydroxylation sites is 1. The van der Waals surface area contributed by atoms with Crippen LogP contribution in [0.25, 0.3) is 11.2 Å². The summed E-state index contributed by atoms with van der Waals surface area (Å²) in [5.41, 5.74) is 7.97. The minimum atomic E-state index is -0.450. The maximum Gasteiger partial charge on any atom is 0.407 e. The second-order valence-electron chi connectivity index (χ2n) is 5.88. The Balaban J connectivity index is 1.37. The number of amides is 1. The van der Waals surface area contributed by atoms with E-state index in [1.165, 1.54) is 6.33 Å². The molecule has 3 aromatic rings. The SMILES string of the molecule is COc1ccccc1CNC(=O)OCCCCn1cnc2c(N)ncnc21. The zero-order valence-corrected chi connectivity index (χ0v) is 15.1. The molecule has 0 fully saturated rings. The van der Waals surface area contributed by atoms with Crippen LogP contribution >= 0.6 is 0 Å². The van der Waals surface area contributed by atoms with E-state index in [2.05, 4.69) is 20.3 Å². The van der Waals surface area contributed by atoms with Crippen molar-refractivity contribution in [3.63, 3.8) is 0 Å². The number of rotatable bonds is 8. The minimum absolute atomic E-state index is 0.335. The van der Waals surface area contributed by atoms with Crippen LogP contribution in [-0.2, 0) is 17.8 Å². The Bertz CT molecular complexity index is 911. The molecule has 0 aliphatic carbocycles.